The molecule has 9 nitrogen and oxygen atoms in total. The molecular weight excluding hydrogens is 508 g/mol. The first-order valence-electron chi connectivity index (χ1n) is 11.6. The van der Waals surface area contributed by atoms with Gasteiger partial charge in [0.25, 0.3) is 11.8 Å². The summed E-state index contributed by atoms with van der Waals surface area (Å²) in [6.45, 7) is 2.57. The highest BCUT2D eigenvalue weighted by Crippen LogP contribution is 2.31. The number of aromatic carboxylic acids is 1. The first-order chi connectivity index (χ1) is 18.3. The van der Waals surface area contributed by atoms with E-state index in [1.807, 2.05) is 6.92 Å². The van der Waals surface area contributed by atoms with Crippen LogP contribution in [0.15, 0.2) is 72.3 Å². The van der Waals surface area contributed by atoms with Crippen molar-refractivity contribution in [1.82, 2.24) is 5.32 Å². The first-order valence-corrected chi connectivity index (χ1v) is 12.0. The van der Waals surface area contributed by atoms with Crippen molar-refractivity contribution in [3.05, 3.63) is 89.0 Å². The number of carboxylic acids is 1. The third-order valence-corrected chi connectivity index (χ3v) is 5.89. The molecule has 3 aromatic carbocycles. The summed E-state index contributed by atoms with van der Waals surface area (Å²) in [7, 11) is 1.48. The molecule has 0 spiro atoms. The predicted molar refractivity (Wildman–Crippen MR) is 145 cm³/mol. The Morgan fingerprint density at radius 1 is 1.00 bits per heavy atom. The van der Waals surface area contributed by atoms with Crippen molar-refractivity contribution in [3.8, 4) is 17.2 Å². The van der Waals surface area contributed by atoms with Crippen LogP contribution in [0.4, 0.5) is 5.69 Å². The lowest BCUT2D eigenvalue weighted by atomic mass is 10.1. The first kappa shape index (κ1) is 26.4. The van der Waals surface area contributed by atoms with Gasteiger partial charge in [-0.1, -0.05) is 18.2 Å². The van der Waals surface area contributed by atoms with Crippen LogP contribution in [0.25, 0.3) is 6.08 Å². The lowest BCUT2D eigenvalue weighted by Crippen LogP contribution is -2.54. The van der Waals surface area contributed by atoms with Crippen molar-refractivity contribution in [2.45, 2.75) is 13.5 Å². The lowest BCUT2D eigenvalue weighted by Gasteiger charge is -2.29. The highest BCUT2D eigenvalue weighted by Gasteiger charge is 2.34. The predicted octanol–water partition coefficient (Wildman–Crippen LogP) is 4.20. The molecule has 1 aliphatic rings. The minimum absolute atomic E-state index is 0.0148. The second-order valence-electron chi connectivity index (χ2n) is 8.09. The van der Waals surface area contributed by atoms with E-state index in [4.69, 9.17) is 31.5 Å². The van der Waals surface area contributed by atoms with E-state index < -0.39 is 17.8 Å². The minimum Gasteiger partial charge on any atom is -0.494 e. The Balaban J connectivity index is 1.54. The largest absolute Gasteiger partial charge is 0.494 e. The Morgan fingerprint density at radius 2 is 1.71 bits per heavy atom. The van der Waals surface area contributed by atoms with Crippen LogP contribution < -0.4 is 24.4 Å². The molecule has 1 aliphatic heterocycles. The molecule has 0 unspecified atom stereocenters. The van der Waals surface area contributed by atoms with Gasteiger partial charge in [-0.2, -0.15) is 0 Å². The maximum atomic E-state index is 13.3. The zero-order valence-electron chi connectivity index (χ0n) is 20.6. The van der Waals surface area contributed by atoms with Crippen LogP contribution in [0.3, 0.4) is 0 Å². The molecule has 1 saturated heterocycles. The number of hydrogen-bond acceptors (Lipinski definition) is 7. The van der Waals surface area contributed by atoms with Crippen molar-refractivity contribution in [1.29, 1.82) is 0 Å². The van der Waals surface area contributed by atoms with Crippen molar-refractivity contribution >= 4 is 46.9 Å². The molecule has 38 heavy (non-hydrogen) atoms. The van der Waals surface area contributed by atoms with Gasteiger partial charge < -0.3 is 19.3 Å². The lowest BCUT2D eigenvalue weighted by molar-refractivity contribution is -0.122. The van der Waals surface area contributed by atoms with Gasteiger partial charge >= 0.3 is 5.97 Å². The number of carboxylic acid groups (broad SMARTS) is 1. The molecule has 0 aromatic heterocycles. The summed E-state index contributed by atoms with van der Waals surface area (Å²) in [4.78, 5) is 38.2. The molecule has 0 saturated carbocycles. The zero-order valence-corrected chi connectivity index (χ0v) is 21.4. The topological polar surface area (TPSA) is 114 Å². The molecule has 2 N–H and O–H groups in total. The number of nitrogens with one attached hydrogen (secondary N) is 1. The average Bonchev–Trinajstić information content (AvgIpc) is 2.91. The zero-order chi connectivity index (χ0) is 27.2. The van der Waals surface area contributed by atoms with E-state index in [0.717, 1.165) is 5.56 Å². The maximum absolute atomic E-state index is 13.3. The number of carbonyl (C=O) groups excluding carboxylic acids is 2. The fourth-order valence-corrected chi connectivity index (χ4v) is 4.00. The SMILES string of the molecule is CCOc1ccc(N2C(=O)C(=Cc3ccc(OCc4ccc(C(=O)O)cc4)c(OC)c3)C(=O)NC2=S)cc1. The number of benzene rings is 3. The number of hydrogen-bond donors (Lipinski definition) is 2. The average molecular weight is 533 g/mol. The normalized spacial score (nSPS) is 14.3. The van der Waals surface area contributed by atoms with Crippen LogP contribution >= 0.6 is 12.2 Å². The second kappa shape index (κ2) is 11.6. The van der Waals surface area contributed by atoms with Gasteiger partial charge in [-0.15, -0.1) is 0 Å². The number of rotatable bonds is 9. The molecule has 194 valence electrons. The van der Waals surface area contributed by atoms with E-state index in [9.17, 15) is 14.4 Å². The van der Waals surface area contributed by atoms with Gasteiger partial charge in [0.1, 0.15) is 17.9 Å². The monoisotopic (exact) mass is 532 g/mol. The van der Waals surface area contributed by atoms with E-state index in [-0.39, 0.29) is 22.9 Å². The highest BCUT2D eigenvalue weighted by molar-refractivity contribution is 7.80. The van der Waals surface area contributed by atoms with Crippen molar-refractivity contribution < 1.29 is 33.7 Å². The third kappa shape index (κ3) is 5.81. The van der Waals surface area contributed by atoms with Gasteiger partial charge in [0.15, 0.2) is 16.6 Å². The van der Waals surface area contributed by atoms with Gasteiger partial charge in [-0.05, 0) is 84.9 Å². The molecule has 4 rings (SSSR count). The van der Waals surface area contributed by atoms with Crippen LogP contribution in [-0.2, 0) is 16.2 Å². The minimum atomic E-state index is -1.00. The van der Waals surface area contributed by atoms with Crippen molar-refractivity contribution in [3.63, 3.8) is 0 Å². The number of anilines is 1. The van der Waals surface area contributed by atoms with E-state index in [0.29, 0.717) is 35.1 Å². The quantitative estimate of drug-likeness (QED) is 0.239. The molecular formula is C28H24N2O7S. The molecule has 0 bridgehead atoms. The highest BCUT2D eigenvalue weighted by atomic mass is 32.1. The number of carbonyl (C=O) groups is 3. The molecule has 3 aromatic rings. The van der Waals surface area contributed by atoms with Crippen LogP contribution in [-0.4, -0.2) is 41.7 Å². The Morgan fingerprint density at radius 3 is 2.34 bits per heavy atom. The van der Waals surface area contributed by atoms with Gasteiger partial charge in [0.2, 0.25) is 0 Å². The van der Waals surface area contributed by atoms with Crippen LogP contribution in [0, 0.1) is 0 Å². The Labute approximate surface area is 224 Å². The molecule has 0 radical (unpaired) electrons. The molecule has 1 fully saturated rings. The van der Waals surface area contributed by atoms with Crippen LogP contribution in [0.5, 0.6) is 17.2 Å². The third-order valence-electron chi connectivity index (χ3n) is 5.60. The summed E-state index contributed by atoms with van der Waals surface area (Å²) in [6.07, 6.45) is 1.46. The number of thiocarbonyl (C=S) groups is 1. The van der Waals surface area contributed by atoms with Gasteiger partial charge in [0, 0.05) is 0 Å². The van der Waals surface area contributed by atoms with E-state index in [2.05, 4.69) is 5.32 Å². The molecule has 10 heteroatoms. The fourth-order valence-electron chi connectivity index (χ4n) is 3.71. The number of ether oxygens (including phenoxy) is 3. The summed E-state index contributed by atoms with van der Waals surface area (Å²) in [5, 5.41) is 11.6. The van der Waals surface area contributed by atoms with Crippen molar-refractivity contribution in [2.24, 2.45) is 0 Å². The molecule has 0 aliphatic carbocycles. The van der Waals surface area contributed by atoms with Gasteiger partial charge in [-0.25, -0.2) is 4.79 Å². The van der Waals surface area contributed by atoms with E-state index in [1.54, 1.807) is 54.6 Å². The fraction of sp³-hybridized carbons (Fsp3) is 0.143. The maximum Gasteiger partial charge on any atom is 0.335 e. The smallest absolute Gasteiger partial charge is 0.335 e. The number of nitrogens with zero attached hydrogens (tertiary/aromatic N) is 1. The summed E-state index contributed by atoms with van der Waals surface area (Å²) in [5.74, 6) is -0.688. The van der Waals surface area contributed by atoms with Crippen LogP contribution in [0.1, 0.15) is 28.4 Å². The Bertz CT molecular complexity index is 1420. The summed E-state index contributed by atoms with van der Waals surface area (Å²) in [5.41, 5.74) is 1.90. The van der Waals surface area contributed by atoms with E-state index >= 15 is 0 Å². The number of amides is 2. The molecule has 1 heterocycles. The van der Waals surface area contributed by atoms with Crippen LogP contribution in [0.2, 0.25) is 0 Å². The Kier molecular flexibility index (Phi) is 8.03. The van der Waals surface area contributed by atoms with Gasteiger partial charge in [-0.3, -0.25) is 19.8 Å². The molecule has 2 amide bonds. The second-order valence-corrected chi connectivity index (χ2v) is 8.47. The Hall–Kier alpha value is -4.70. The van der Waals surface area contributed by atoms with Gasteiger partial charge in [0.05, 0.1) is 25.0 Å². The standard InChI is InChI=1S/C28H24N2O7S/c1-3-36-21-11-9-20(10-12-21)30-26(32)22(25(31)29-28(30)38)14-18-6-13-23(24(15-18)35-2)37-16-17-4-7-19(8-5-17)27(33)34/h4-15H,3,16H2,1-2H3,(H,33,34)(H,29,31,38). The van der Waals surface area contributed by atoms with E-state index in [1.165, 1.54) is 30.2 Å². The molecule has 0 atom stereocenters. The number of methoxy groups -OCH3 is 1. The summed E-state index contributed by atoms with van der Waals surface area (Å²) < 4.78 is 16.7. The van der Waals surface area contributed by atoms with Crippen molar-refractivity contribution in [2.75, 3.05) is 18.6 Å². The summed E-state index contributed by atoms with van der Waals surface area (Å²) >= 11 is 5.26. The summed E-state index contributed by atoms with van der Waals surface area (Å²) in [6, 6.07) is 18.2.